The summed E-state index contributed by atoms with van der Waals surface area (Å²) in [4.78, 5) is 36.6. The number of carbonyl (C=O) groups excluding carboxylic acids is 2. The molecule has 29 heavy (non-hydrogen) atoms. The number of rotatable bonds is 7. The lowest BCUT2D eigenvalue weighted by molar-refractivity contribution is -0.124. The first-order valence-electron chi connectivity index (χ1n) is 9.93. The van der Waals surface area contributed by atoms with Crippen LogP contribution in [0.1, 0.15) is 40.9 Å². The van der Waals surface area contributed by atoms with E-state index >= 15 is 0 Å². The molecule has 1 atom stereocenters. The van der Waals surface area contributed by atoms with Crippen LogP contribution in [-0.4, -0.2) is 35.6 Å². The fourth-order valence-electron chi connectivity index (χ4n) is 3.35. The molecule has 3 rings (SSSR count). The van der Waals surface area contributed by atoms with Gasteiger partial charge in [0.05, 0.1) is 0 Å². The molecule has 7 heteroatoms. The Kier molecular flexibility index (Phi) is 6.82. The lowest BCUT2D eigenvalue weighted by atomic mass is 10.1. The molecular weight excluding hydrogens is 370 g/mol. The molecule has 154 valence electrons. The first-order valence-corrected chi connectivity index (χ1v) is 9.93. The van der Waals surface area contributed by atoms with Crippen LogP contribution < -0.4 is 16.2 Å². The standard InChI is InChI=1S/C22H27N3O4/c1-15-9-10-17(14-18(15)24-22(28)19-7-4-13-29-19)21(27)23-11-5-12-25-16(2)6-3-8-20(25)26/h3,6,8-10,14,19H,4-5,7,11-13H2,1-2H3,(H,23,27)(H,24,28)/t19-/m1/s1. The van der Waals surface area contributed by atoms with Gasteiger partial charge in [0.15, 0.2) is 0 Å². The van der Waals surface area contributed by atoms with Crippen molar-refractivity contribution in [3.63, 3.8) is 0 Å². The molecule has 2 heterocycles. The molecule has 0 spiro atoms. The Morgan fingerprint density at radius 2 is 2.03 bits per heavy atom. The number of aryl methyl sites for hydroxylation is 2. The van der Waals surface area contributed by atoms with E-state index in [4.69, 9.17) is 4.74 Å². The van der Waals surface area contributed by atoms with E-state index in [1.807, 2.05) is 26.0 Å². The van der Waals surface area contributed by atoms with E-state index in [0.717, 1.165) is 24.1 Å². The van der Waals surface area contributed by atoms with Gasteiger partial charge < -0.3 is 19.9 Å². The van der Waals surface area contributed by atoms with Gasteiger partial charge in [-0.2, -0.15) is 0 Å². The summed E-state index contributed by atoms with van der Waals surface area (Å²) in [6, 6.07) is 10.4. The smallest absolute Gasteiger partial charge is 0.253 e. The van der Waals surface area contributed by atoms with Gasteiger partial charge in [-0.3, -0.25) is 14.4 Å². The predicted octanol–water partition coefficient (Wildman–Crippen LogP) is 2.40. The van der Waals surface area contributed by atoms with Crippen LogP contribution in [0.25, 0.3) is 0 Å². The van der Waals surface area contributed by atoms with Crippen LogP contribution in [0.4, 0.5) is 5.69 Å². The van der Waals surface area contributed by atoms with E-state index in [0.29, 0.717) is 37.4 Å². The Labute approximate surface area is 170 Å². The summed E-state index contributed by atoms with van der Waals surface area (Å²) in [5, 5.41) is 5.74. The van der Waals surface area contributed by atoms with Gasteiger partial charge in [0.25, 0.3) is 17.4 Å². The van der Waals surface area contributed by atoms with Crippen molar-refractivity contribution in [2.24, 2.45) is 0 Å². The summed E-state index contributed by atoms with van der Waals surface area (Å²) in [7, 11) is 0. The molecule has 1 fully saturated rings. The fourth-order valence-corrected chi connectivity index (χ4v) is 3.35. The molecule has 2 N–H and O–H groups in total. The van der Waals surface area contributed by atoms with E-state index in [1.165, 1.54) is 6.07 Å². The zero-order chi connectivity index (χ0) is 20.8. The second-order valence-corrected chi connectivity index (χ2v) is 7.29. The molecule has 7 nitrogen and oxygen atoms in total. The molecule has 0 saturated carbocycles. The Morgan fingerprint density at radius 1 is 1.21 bits per heavy atom. The second kappa shape index (κ2) is 9.52. The molecule has 1 saturated heterocycles. The topological polar surface area (TPSA) is 89.4 Å². The van der Waals surface area contributed by atoms with Crippen molar-refractivity contribution in [1.29, 1.82) is 0 Å². The summed E-state index contributed by atoms with van der Waals surface area (Å²) in [5.74, 6) is -0.387. The van der Waals surface area contributed by atoms with Gasteiger partial charge >= 0.3 is 0 Å². The van der Waals surface area contributed by atoms with Gasteiger partial charge in [-0.05, 0) is 56.9 Å². The summed E-state index contributed by atoms with van der Waals surface area (Å²) < 4.78 is 7.10. The van der Waals surface area contributed by atoms with Gasteiger partial charge in [-0.1, -0.05) is 12.1 Å². The highest BCUT2D eigenvalue weighted by Crippen LogP contribution is 2.20. The van der Waals surface area contributed by atoms with Crippen LogP contribution in [0, 0.1) is 13.8 Å². The molecule has 1 aromatic heterocycles. The molecule has 1 aliphatic rings. The first kappa shape index (κ1) is 20.8. The molecule has 0 aliphatic carbocycles. The summed E-state index contributed by atoms with van der Waals surface area (Å²) >= 11 is 0. The normalized spacial score (nSPS) is 15.9. The lowest BCUT2D eigenvalue weighted by Gasteiger charge is -2.14. The van der Waals surface area contributed by atoms with Crippen LogP contribution in [0.3, 0.4) is 0 Å². The monoisotopic (exact) mass is 397 g/mol. The number of amides is 2. The molecular formula is C22H27N3O4. The molecule has 2 aromatic rings. The van der Waals surface area contributed by atoms with Gasteiger partial charge in [0, 0.05) is 42.7 Å². The highest BCUT2D eigenvalue weighted by Gasteiger charge is 2.24. The minimum Gasteiger partial charge on any atom is -0.368 e. The third-order valence-corrected chi connectivity index (χ3v) is 5.09. The third kappa shape index (κ3) is 5.32. The predicted molar refractivity (Wildman–Crippen MR) is 111 cm³/mol. The van der Waals surface area contributed by atoms with Gasteiger partial charge in [-0.15, -0.1) is 0 Å². The summed E-state index contributed by atoms with van der Waals surface area (Å²) in [6.45, 7) is 5.37. The van der Waals surface area contributed by atoms with Gasteiger partial charge in [0.1, 0.15) is 6.10 Å². The van der Waals surface area contributed by atoms with E-state index in [1.54, 1.807) is 22.8 Å². The third-order valence-electron chi connectivity index (χ3n) is 5.09. The SMILES string of the molecule is Cc1ccc(C(=O)NCCCn2c(C)cccc2=O)cc1NC(=O)[C@H]1CCCO1. The maximum atomic E-state index is 12.5. The lowest BCUT2D eigenvalue weighted by Crippen LogP contribution is -2.28. The highest BCUT2D eigenvalue weighted by molar-refractivity contribution is 5.99. The number of hydrogen-bond donors (Lipinski definition) is 2. The van der Waals surface area contributed by atoms with E-state index in [-0.39, 0.29) is 17.4 Å². The molecule has 0 bridgehead atoms. The molecule has 1 aromatic carbocycles. The average Bonchev–Trinajstić information content (AvgIpc) is 3.23. The van der Waals surface area contributed by atoms with Crippen molar-refractivity contribution in [2.45, 2.75) is 45.8 Å². The van der Waals surface area contributed by atoms with E-state index in [2.05, 4.69) is 10.6 Å². The molecule has 2 amide bonds. The molecule has 0 unspecified atom stereocenters. The number of pyridine rings is 1. The molecule has 1 aliphatic heterocycles. The van der Waals surface area contributed by atoms with E-state index in [9.17, 15) is 14.4 Å². The number of carbonyl (C=O) groups is 2. The number of aromatic nitrogens is 1. The maximum absolute atomic E-state index is 12.5. The van der Waals surface area contributed by atoms with Crippen molar-refractivity contribution in [1.82, 2.24) is 9.88 Å². The summed E-state index contributed by atoms with van der Waals surface area (Å²) in [6.07, 6.45) is 1.82. The van der Waals surface area contributed by atoms with Crippen LogP contribution in [0.5, 0.6) is 0 Å². The highest BCUT2D eigenvalue weighted by atomic mass is 16.5. The average molecular weight is 397 g/mol. The Balaban J connectivity index is 1.55. The number of anilines is 1. The molecule has 0 radical (unpaired) electrons. The van der Waals surface area contributed by atoms with Crippen LogP contribution in [0.2, 0.25) is 0 Å². The van der Waals surface area contributed by atoms with Crippen LogP contribution in [-0.2, 0) is 16.1 Å². The van der Waals surface area contributed by atoms with Crippen molar-refractivity contribution >= 4 is 17.5 Å². The van der Waals surface area contributed by atoms with Gasteiger partial charge in [0.2, 0.25) is 0 Å². The van der Waals surface area contributed by atoms with Gasteiger partial charge in [-0.25, -0.2) is 0 Å². The van der Waals surface area contributed by atoms with Crippen molar-refractivity contribution < 1.29 is 14.3 Å². The van der Waals surface area contributed by atoms with Crippen LogP contribution in [0.15, 0.2) is 41.2 Å². The first-order chi connectivity index (χ1) is 14.0. The number of benzene rings is 1. The minimum absolute atomic E-state index is 0.0403. The largest absolute Gasteiger partial charge is 0.368 e. The Morgan fingerprint density at radius 3 is 2.76 bits per heavy atom. The Bertz CT molecular complexity index is 945. The fraction of sp³-hybridized carbons (Fsp3) is 0.409. The zero-order valence-electron chi connectivity index (χ0n) is 16.9. The zero-order valence-corrected chi connectivity index (χ0v) is 16.9. The number of nitrogens with one attached hydrogen (secondary N) is 2. The van der Waals surface area contributed by atoms with E-state index < -0.39 is 6.10 Å². The van der Waals surface area contributed by atoms with Crippen molar-refractivity contribution in [3.05, 3.63) is 63.6 Å². The Hall–Kier alpha value is -2.93. The number of ether oxygens (including phenoxy) is 1. The summed E-state index contributed by atoms with van der Waals surface area (Å²) in [5.41, 5.74) is 2.83. The van der Waals surface area contributed by atoms with Crippen LogP contribution >= 0.6 is 0 Å². The van der Waals surface area contributed by atoms with Crippen molar-refractivity contribution in [3.8, 4) is 0 Å². The second-order valence-electron chi connectivity index (χ2n) is 7.29. The quantitative estimate of drug-likeness (QED) is 0.702. The maximum Gasteiger partial charge on any atom is 0.253 e. The minimum atomic E-state index is -0.420. The number of nitrogens with zero attached hydrogens (tertiary/aromatic N) is 1. The van der Waals surface area contributed by atoms with Crippen molar-refractivity contribution in [2.75, 3.05) is 18.5 Å². The number of hydrogen-bond acceptors (Lipinski definition) is 4.